The van der Waals surface area contributed by atoms with Gasteiger partial charge in [-0.3, -0.25) is 10.1 Å². The summed E-state index contributed by atoms with van der Waals surface area (Å²) in [6.07, 6.45) is 0. The molecule has 1 atom stereocenters. The van der Waals surface area contributed by atoms with Gasteiger partial charge in [-0.2, -0.15) is 0 Å². The first-order valence-corrected chi connectivity index (χ1v) is 7.88. The highest BCUT2D eigenvalue weighted by Crippen LogP contribution is 2.54. The van der Waals surface area contributed by atoms with Gasteiger partial charge in [0.2, 0.25) is 5.75 Å². The third-order valence-corrected chi connectivity index (χ3v) is 3.57. The molecule has 0 aliphatic heterocycles. The molecule has 0 aliphatic rings. The van der Waals surface area contributed by atoms with E-state index >= 15 is 0 Å². The average molecular weight is 282 g/mol. The summed E-state index contributed by atoms with van der Waals surface area (Å²) in [7, 11) is 0. The number of halogens is 1. The van der Waals surface area contributed by atoms with E-state index in [1.165, 1.54) is 18.2 Å². The van der Waals surface area contributed by atoms with Gasteiger partial charge in [-0.25, -0.2) is 0 Å². The summed E-state index contributed by atoms with van der Waals surface area (Å²) in [6, 6.07) is 5.87. The van der Waals surface area contributed by atoms with Crippen molar-refractivity contribution in [3.63, 3.8) is 0 Å². The van der Waals surface area contributed by atoms with Gasteiger partial charge in [0.05, 0.1) is 11.5 Å². The molecule has 0 saturated carbocycles. The molecule has 0 spiro atoms. The van der Waals surface area contributed by atoms with Crippen molar-refractivity contribution >= 4 is 34.6 Å². The first-order valence-electron chi connectivity index (χ1n) is 4.33. The largest absolute Gasteiger partial charge is 0.425 e. The molecule has 0 aliphatic carbocycles. The predicted molar refractivity (Wildman–Crippen MR) is 65.5 cm³/mol. The van der Waals surface area contributed by atoms with E-state index in [1.807, 2.05) is 0 Å². The van der Waals surface area contributed by atoms with Crippen LogP contribution in [0, 0.1) is 10.1 Å². The lowest BCUT2D eigenvalue weighted by Gasteiger charge is -2.14. The summed E-state index contributed by atoms with van der Waals surface area (Å²) in [6.45, 7) is 2.01. The van der Waals surface area contributed by atoms with Crippen LogP contribution in [0.4, 0.5) is 5.69 Å². The van der Waals surface area contributed by atoms with E-state index in [0.717, 1.165) is 0 Å². The molecule has 16 heavy (non-hydrogen) atoms. The van der Waals surface area contributed by atoms with E-state index in [-0.39, 0.29) is 11.4 Å². The van der Waals surface area contributed by atoms with Gasteiger partial charge in [-0.05, 0) is 36.0 Å². The van der Waals surface area contributed by atoms with E-state index in [2.05, 4.69) is 0 Å². The van der Waals surface area contributed by atoms with Crippen LogP contribution >= 0.6 is 17.1 Å². The molecule has 5 nitrogen and oxygen atoms in total. The van der Waals surface area contributed by atoms with Crippen LogP contribution < -0.4 is 4.52 Å². The molecule has 0 aromatic heterocycles. The highest BCUT2D eigenvalue weighted by molar-refractivity contribution is 8.22. The SMILES string of the molecule is CCOP(=S)(Cl)Oc1ccccc1[N+](=O)[O-]. The fourth-order valence-electron chi connectivity index (χ4n) is 0.983. The molecule has 88 valence electrons. The zero-order valence-corrected chi connectivity index (χ0v) is 10.8. The lowest BCUT2D eigenvalue weighted by molar-refractivity contribution is -0.385. The van der Waals surface area contributed by atoms with E-state index in [9.17, 15) is 10.1 Å². The lowest BCUT2D eigenvalue weighted by Crippen LogP contribution is -1.96. The van der Waals surface area contributed by atoms with Crippen LogP contribution in [0.25, 0.3) is 0 Å². The van der Waals surface area contributed by atoms with Crippen molar-refractivity contribution in [3.8, 4) is 5.75 Å². The second kappa shape index (κ2) is 5.59. The molecule has 0 bridgehead atoms. The molecule has 0 N–H and O–H groups in total. The number of hydrogen-bond donors (Lipinski definition) is 0. The maximum atomic E-state index is 10.7. The molecule has 0 amide bonds. The van der Waals surface area contributed by atoms with Crippen LogP contribution in [0.5, 0.6) is 5.75 Å². The number of nitro benzene ring substituents is 1. The molecule has 0 heterocycles. The van der Waals surface area contributed by atoms with Crippen molar-refractivity contribution in [2.45, 2.75) is 6.92 Å². The van der Waals surface area contributed by atoms with Gasteiger partial charge in [0, 0.05) is 6.07 Å². The Bertz CT molecular complexity index is 442. The molecular formula is C8H9ClNO4PS. The molecule has 0 radical (unpaired) electrons. The van der Waals surface area contributed by atoms with Gasteiger partial charge in [-0.1, -0.05) is 12.1 Å². The van der Waals surface area contributed by atoms with Gasteiger partial charge in [-0.15, -0.1) is 0 Å². The zero-order valence-electron chi connectivity index (χ0n) is 8.33. The Kier molecular flexibility index (Phi) is 4.68. The normalized spacial score (nSPS) is 14.1. The number of nitrogens with zero attached hydrogens (tertiary/aromatic N) is 1. The van der Waals surface area contributed by atoms with Crippen molar-refractivity contribution in [1.82, 2.24) is 0 Å². The Morgan fingerprint density at radius 3 is 2.75 bits per heavy atom. The first-order chi connectivity index (χ1) is 7.46. The van der Waals surface area contributed by atoms with Crippen LogP contribution in [0.3, 0.4) is 0 Å². The summed E-state index contributed by atoms with van der Waals surface area (Å²) in [5, 5.41) is 10.7. The molecule has 8 heteroatoms. The topological polar surface area (TPSA) is 61.6 Å². The van der Waals surface area contributed by atoms with Crippen molar-refractivity contribution in [1.29, 1.82) is 0 Å². The Morgan fingerprint density at radius 2 is 2.19 bits per heavy atom. The summed E-state index contributed by atoms with van der Waals surface area (Å²) in [4.78, 5) is 10.1. The molecule has 1 aromatic carbocycles. The minimum Gasteiger partial charge on any atom is -0.425 e. The van der Waals surface area contributed by atoms with Crippen molar-refractivity contribution in [2.24, 2.45) is 0 Å². The van der Waals surface area contributed by atoms with Crippen LogP contribution in [0.15, 0.2) is 24.3 Å². The molecule has 0 fully saturated rings. The maximum Gasteiger partial charge on any atom is 0.333 e. The van der Waals surface area contributed by atoms with E-state index in [1.54, 1.807) is 13.0 Å². The highest BCUT2D eigenvalue weighted by Gasteiger charge is 2.22. The standard InChI is InChI=1S/C8H9ClNO4PS/c1-2-13-15(9,16)14-8-6-4-3-5-7(8)10(11)12/h3-6H,2H2,1H3. The van der Waals surface area contributed by atoms with Crippen LogP contribution in [0.1, 0.15) is 6.92 Å². The van der Waals surface area contributed by atoms with Crippen molar-refractivity contribution in [3.05, 3.63) is 34.4 Å². The number of hydrogen-bond acceptors (Lipinski definition) is 5. The second-order valence-electron chi connectivity index (χ2n) is 2.66. The van der Waals surface area contributed by atoms with Gasteiger partial charge < -0.3 is 9.05 Å². The fraction of sp³-hybridized carbons (Fsp3) is 0.250. The van der Waals surface area contributed by atoms with E-state index in [4.69, 9.17) is 32.1 Å². The number of para-hydroxylation sites is 2. The van der Waals surface area contributed by atoms with Crippen LogP contribution in [-0.4, -0.2) is 11.5 Å². The van der Waals surface area contributed by atoms with Crippen LogP contribution in [0.2, 0.25) is 0 Å². The highest BCUT2D eigenvalue weighted by atomic mass is 35.7. The minimum atomic E-state index is -2.98. The minimum absolute atomic E-state index is 0.0271. The smallest absolute Gasteiger partial charge is 0.333 e. The molecular weight excluding hydrogens is 273 g/mol. The van der Waals surface area contributed by atoms with Crippen molar-refractivity contribution < 1.29 is 14.0 Å². The van der Waals surface area contributed by atoms with Crippen LogP contribution in [-0.2, 0) is 16.3 Å². The number of nitro groups is 1. The Balaban J connectivity index is 2.97. The Hall–Kier alpha value is -0.680. The van der Waals surface area contributed by atoms with E-state index < -0.39 is 10.8 Å². The first kappa shape index (κ1) is 13.4. The van der Waals surface area contributed by atoms with Crippen molar-refractivity contribution in [2.75, 3.05) is 6.61 Å². The Labute approximate surface area is 102 Å². The predicted octanol–water partition coefficient (Wildman–Crippen LogP) is 3.47. The van der Waals surface area contributed by atoms with Gasteiger partial charge in [0.25, 0.3) is 0 Å². The number of benzene rings is 1. The third-order valence-electron chi connectivity index (χ3n) is 1.55. The van der Waals surface area contributed by atoms with E-state index in [0.29, 0.717) is 6.61 Å². The quantitative estimate of drug-likeness (QED) is 0.470. The molecule has 1 rings (SSSR count). The van der Waals surface area contributed by atoms with Gasteiger partial charge in [0.1, 0.15) is 0 Å². The second-order valence-corrected chi connectivity index (χ2v) is 7.35. The molecule has 1 unspecified atom stereocenters. The summed E-state index contributed by atoms with van der Waals surface area (Å²) in [5.41, 5.74) is -0.183. The lowest BCUT2D eigenvalue weighted by atomic mass is 10.3. The molecule has 1 aromatic rings. The fourth-order valence-corrected chi connectivity index (χ4v) is 2.81. The van der Waals surface area contributed by atoms with Gasteiger partial charge >= 0.3 is 11.5 Å². The maximum absolute atomic E-state index is 10.7. The summed E-state index contributed by atoms with van der Waals surface area (Å²) in [5.74, 6) is -2.95. The molecule has 0 saturated heterocycles. The summed E-state index contributed by atoms with van der Waals surface area (Å²) >= 11 is 10.7. The monoisotopic (exact) mass is 281 g/mol. The average Bonchev–Trinajstić information content (AvgIpc) is 2.17. The third kappa shape index (κ3) is 3.72. The summed E-state index contributed by atoms with van der Waals surface area (Å²) < 4.78 is 10.2. The Morgan fingerprint density at radius 1 is 1.56 bits per heavy atom. The zero-order chi connectivity index (χ0) is 12.2. The van der Waals surface area contributed by atoms with Gasteiger partial charge in [0.15, 0.2) is 0 Å². The number of rotatable bonds is 5.